The summed E-state index contributed by atoms with van der Waals surface area (Å²) in [4.78, 5) is 11.7. The Morgan fingerprint density at radius 1 is 1.71 bits per heavy atom. The van der Waals surface area contributed by atoms with Gasteiger partial charge in [-0.1, -0.05) is 33.7 Å². The molecule has 0 saturated heterocycles. The number of ether oxygens (including phenoxy) is 1. The predicted molar refractivity (Wildman–Crippen MR) is 93.1 cm³/mol. The second kappa shape index (κ2) is 10.3. The molecule has 4 atom stereocenters. The third-order valence-electron chi connectivity index (χ3n) is 4.07. The molecule has 0 saturated carbocycles. The van der Waals surface area contributed by atoms with Crippen molar-refractivity contribution in [3.8, 4) is 0 Å². The van der Waals surface area contributed by atoms with E-state index < -0.39 is 0 Å². The molecule has 0 amide bonds. The molecule has 0 fully saturated rings. The molecule has 2 N–H and O–H groups in total. The van der Waals surface area contributed by atoms with Crippen LogP contribution in [-0.4, -0.2) is 46.7 Å². The minimum Gasteiger partial charge on any atom is -0.466 e. The van der Waals surface area contributed by atoms with Gasteiger partial charge in [0.15, 0.2) is 6.52 Å². The molecular weight excluding hydrogens is 285 g/mol. The molecule has 0 aliphatic heterocycles. The maximum absolute atomic E-state index is 11.7. The van der Waals surface area contributed by atoms with Gasteiger partial charge in [0.25, 0.3) is 0 Å². The fourth-order valence-electron chi connectivity index (χ4n) is 2.58. The molecule has 1 rings (SSSR count). The number of carbonyl (C=O) groups is 1. The van der Waals surface area contributed by atoms with E-state index in [1.165, 1.54) is 7.11 Å². The third kappa shape index (κ3) is 6.05. The van der Waals surface area contributed by atoms with Gasteiger partial charge in [-0.2, -0.15) is 0 Å². The Hall–Kier alpha value is -0.455. The zero-order valence-corrected chi connectivity index (χ0v) is 14.8. The van der Waals surface area contributed by atoms with Crippen molar-refractivity contribution in [2.45, 2.75) is 46.2 Å². The number of nitrogens with one attached hydrogen (secondary N) is 1. The third-order valence-corrected chi connectivity index (χ3v) is 4.07. The molecule has 0 aromatic carbocycles. The Morgan fingerprint density at radius 2 is 2.29 bits per heavy atom. The zero-order valence-electron chi connectivity index (χ0n) is 15.9. The summed E-state index contributed by atoms with van der Waals surface area (Å²) in [6.45, 7) is 7.96. The Bertz CT molecular complexity index is 394. The van der Waals surface area contributed by atoms with E-state index in [0.717, 1.165) is 0 Å². The van der Waals surface area contributed by atoms with Crippen LogP contribution in [0.2, 0.25) is 6.82 Å². The number of hydrogen-bond acceptors (Lipinski definition) is 5. The first-order chi connectivity index (χ1) is 10.7. The van der Waals surface area contributed by atoms with Gasteiger partial charge in [-0.15, -0.1) is 0 Å². The number of hydrogen-bond donors (Lipinski definition) is 3. The van der Waals surface area contributed by atoms with Crippen LogP contribution in [0.25, 0.3) is 0 Å². The van der Waals surface area contributed by atoms with Crippen LogP contribution in [0.5, 0.6) is 0 Å². The van der Waals surface area contributed by atoms with Crippen molar-refractivity contribution < 1.29 is 14.6 Å². The number of rotatable bonds is 5. The summed E-state index contributed by atoms with van der Waals surface area (Å²) in [7, 11) is 3.25. The average molecular weight is 318 g/mol. The van der Waals surface area contributed by atoms with Crippen molar-refractivity contribution in [3.05, 3.63) is 11.6 Å². The molecule has 21 heavy (non-hydrogen) atoms. The van der Waals surface area contributed by atoms with Gasteiger partial charge in [0.05, 0.1) is 13.2 Å². The highest BCUT2D eigenvalue weighted by atomic mass is 32.1. The minimum atomic E-state index is -0.324. The summed E-state index contributed by atoms with van der Waals surface area (Å²) >= 11 is 3.63. The number of carbonyl (C=O) groups excluding carboxylic acids is 1. The highest BCUT2D eigenvalue weighted by Crippen LogP contribution is 2.33. The van der Waals surface area contributed by atoms with E-state index in [1.54, 1.807) is 6.82 Å². The largest absolute Gasteiger partial charge is 0.466 e. The second-order valence-corrected chi connectivity index (χ2v) is 6.20. The first-order valence-electron chi connectivity index (χ1n) is 8.36. The van der Waals surface area contributed by atoms with Crippen LogP contribution in [0.4, 0.5) is 0 Å². The topological polar surface area (TPSA) is 58.6 Å². The Labute approximate surface area is 138 Å². The summed E-state index contributed by atoms with van der Waals surface area (Å²) in [5.41, 5.74) is 0.615. The van der Waals surface area contributed by atoms with E-state index in [9.17, 15) is 4.79 Å². The van der Waals surface area contributed by atoms with E-state index in [-0.39, 0.29) is 30.6 Å². The zero-order chi connectivity index (χ0) is 18.2. The molecule has 4 nitrogen and oxygen atoms in total. The maximum atomic E-state index is 11.7. The lowest BCUT2D eigenvalue weighted by molar-refractivity contribution is -0.136. The first kappa shape index (κ1) is 16.9. The van der Waals surface area contributed by atoms with Crippen molar-refractivity contribution in [1.82, 2.24) is 5.32 Å². The number of thiol groups is 1. The summed E-state index contributed by atoms with van der Waals surface area (Å²) in [6, 6.07) is 0.0447. The van der Waals surface area contributed by atoms with Crippen molar-refractivity contribution in [1.29, 1.82) is 2.77 Å². The van der Waals surface area contributed by atoms with E-state index in [1.807, 2.05) is 13.1 Å². The average Bonchev–Trinajstić information content (AvgIpc) is 2.51. The molecule has 0 heterocycles. The lowest BCUT2D eigenvalue weighted by atomic mass is 9.73. The van der Waals surface area contributed by atoms with Crippen LogP contribution in [0, 0.1) is 17.8 Å². The van der Waals surface area contributed by atoms with Crippen molar-refractivity contribution in [3.63, 3.8) is 0 Å². The lowest BCUT2D eigenvalue weighted by Gasteiger charge is -2.38. The SMILES string of the molecule is [2H]B(C)S.[3H]O[C@@H]1CC(C(=O)OC)=C[C@@H](C(C)C(C)C)[C@@H]1NC. The monoisotopic (exact) mass is 318 g/mol. The molecule has 0 spiro atoms. The van der Waals surface area contributed by atoms with Gasteiger partial charge in [-0.25, -0.2) is 17.3 Å². The van der Waals surface area contributed by atoms with Gasteiger partial charge in [-0.3, -0.25) is 0 Å². The van der Waals surface area contributed by atoms with E-state index in [4.69, 9.17) is 12.6 Å². The number of aliphatic hydroxyl groups excluding tert-OH is 1. The molecule has 0 aromatic rings. The molecule has 1 aliphatic carbocycles. The quantitative estimate of drug-likeness (QED) is 0.410. The van der Waals surface area contributed by atoms with Crippen molar-refractivity contribution >= 4 is 25.0 Å². The number of methoxy groups -OCH3 is 1. The van der Waals surface area contributed by atoms with E-state index in [2.05, 4.69) is 38.6 Å². The fourth-order valence-corrected chi connectivity index (χ4v) is 2.58. The Morgan fingerprint density at radius 3 is 2.67 bits per heavy atom. The molecule has 6 heteroatoms. The van der Waals surface area contributed by atoms with Crippen molar-refractivity contribution in [2.24, 2.45) is 17.8 Å². The molecule has 0 aromatic heterocycles. The van der Waals surface area contributed by atoms with Crippen molar-refractivity contribution in [2.75, 3.05) is 14.2 Å². The Kier molecular flexibility index (Phi) is 8.29. The second-order valence-electron chi connectivity index (χ2n) is 5.68. The summed E-state index contributed by atoms with van der Waals surface area (Å²) in [5, 5.41) is 8.05. The van der Waals surface area contributed by atoms with E-state index >= 15 is 0 Å². The van der Waals surface area contributed by atoms with Gasteiger partial charge < -0.3 is 15.2 Å². The molecular formula is C15H30BNO3S. The predicted octanol–water partition coefficient (Wildman–Crippen LogP) is 1.66. The molecule has 0 bridgehead atoms. The summed E-state index contributed by atoms with van der Waals surface area (Å²) in [6.07, 6.45) is 2.09. The lowest BCUT2D eigenvalue weighted by Crippen LogP contribution is -2.49. The summed E-state index contributed by atoms with van der Waals surface area (Å²) < 4.78 is 18.5. The van der Waals surface area contributed by atoms with Crippen LogP contribution in [0.1, 0.15) is 27.2 Å². The highest BCUT2D eigenvalue weighted by Gasteiger charge is 2.36. The van der Waals surface area contributed by atoms with Gasteiger partial charge >= 0.3 is 5.97 Å². The van der Waals surface area contributed by atoms with E-state index in [0.29, 0.717) is 23.8 Å². The standard InChI is InChI=1S/C14H25NO3.CH5BS/c1-8(2)9(3)11-6-10(14(17)18-5)7-12(16)13(11)15-4;1-2-3/h6,8-9,11-13,15-16H,7H2,1-5H3;2-3H,1H3/t9?,11-,12+,13-;/m0./s1/i16T;2D. The van der Waals surface area contributed by atoms with Crippen LogP contribution in [0.3, 0.4) is 0 Å². The van der Waals surface area contributed by atoms with Gasteiger partial charge in [0.1, 0.15) is 0 Å². The number of aliphatic hydroxyl groups is 1. The number of likely N-dealkylation sites (N-methyl/N-ethyl adjacent to an activating group) is 1. The first-order valence-corrected chi connectivity index (χ1v) is 7.89. The molecule has 1 aliphatic rings. The maximum Gasteiger partial charge on any atom is 0.333 e. The molecule has 122 valence electrons. The fraction of sp³-hybridized carbons (Fsp3) is 0.800. The minimum absolute atomic E-state index is 0.0447. The highest BCUT2D eigenvalue weighted by molar-refractivity contribution is 8.06. The van der Waals surface area contributed by atoms with Crippen LogP contribution >= 0.6 is 12.5 Å². The smallest absolute Gasteiger partial charge is 0.333 e. The summed E-state index contributed by atoms with van der Waals surface area (Å²) in [5.74, 6) is 0.705. The molecule has 1 unspecified atom stereocenters. The van der Waals surface area contributed by atoms with Crippen LogP contribution < -0.4 is 5.32 Å². The Balaban J connectivity index is 0.00000108. The van der Waals surface area contributed by atoms with Crippen LogP contribution in [-0.2, 0) is 9.53 Å². The van der Waals surface area contributed by atoms with Gasteiger partial charge in [0.2, 0.25) is 1.43 Å². The number of esters is 1. The normalized spacial score (nSPS) is 27.6. The van der Waals surface area contributed by atoms with Gasteiger partial charge in [0, 0.05) is 18.0 Å². The molecule has 0 radical (unpaired) electrons. The van der Waals surface area contributed by atoms with Crippen LogP contribution in [0.15, 0.2) is 11.6 Å². The van der Waals surface area contributed by atoms with Gasteiger partial charge in [-0.05, 0) is 26.1 Å².